The van der Waals surface area contributed by atoms with Gasteiger partial charge in [0.15, 0.2) is 0 Å². The summed E-state index contributed by atoms with van der Waals surface area (Å²) in [6.45, 7) is 1.67. The topological polar surface area (TPSA) is 66.4 Å². The molecule has 0 bridgehead atoms. The first-order chi connectivity index (χ1) is 11.4. The van der Waals surface area contributed by atoms with Crippen LogP contribution in [0.2, 0.25) is 0 Å². The Morgan fingerprint density at radius 1 is 1.21 bits per heavy atom. The van der Waals surface area contributed by atoms with Gasteiger partial charge >= 0.3 is 0 Å². The van der Waals surface area contributed by atoms with E-state index in [0.29, 0.717) is 10.4 Å². The van der Waals surface area contributed by atoms with Crippen LogP contribution in [0.5, 0.6) is 0 Å². The van der Waals surface area contributed by atoms with Gasteiger partial charge in [0.25, 0.3) is 0 Å². The van der Waals surface area contributed by atoms with Crippen LogP contribution in [0.25, 0.3) is 10.8 Å². The number of benzene rings is 2. The highest BCUT2D eigenvalue weighted by atomic mass is 79.9. The molecule has 0 aliphatic rings. The highest BCUT2D eigenvalue weighted by Crippen LogP contribution is 2.30. The normalized spacial score (nSPS) is 13.3. The van der Waals surface area contributed by atoms with Gasteiger partial charge in [-0.2, -0.15) is 0 Å². The van der Waals surface area contributed by atoms with Crippen LogP contribution in [-0.4, -0.2) is 20.1 Å². The third kappa shape index (κ3) is 3.55. The second-order valence-electron chi connectivity index (χ2n) is 5.41. The summed E-state index contributed by atoms with van der Waals surface area (Å²) in [5, 5.41) is 12.4. The summed E-state index contributed by atoms with van der Waals surface area (Å²) in [4.78, 5) is 0.943. The number of halogens is 1. The quantitative estimate of drug-likeness (QED) is 0.649. The summed E-state index contributed by atoms with van der Waals surface area (Å²) in [5.41, 5.74) is 0.707. The number of hydrogen-bond donors (Lipinski definition) is 2. The Bertz CT molecular complexity index is 977. The maximum absolute atomic E-state index is 12.4. The minimum Gasteiger partial charge on any atom is -0.387 e. The molecule has 3 rings (SSSR count). The molecule has 1 heterocycles. The summed E-state index contributed by atoms with van der Waals surface area (Å²) < 4.78 is 28.1. The molecule has 3 aromatic rings. The van der Waals surface area contributed by atoms with Crippen LogP contribution in [-0.2, 0) is 10.0 Å². The molecule has 7 heteroatoms. The lowest BCUT2D eigenvalue weighted by Gasteiger charge is -2.15. The number of hydrogen-bond acceptors (Lipinski definition) is 4. The molecule has 0 saturated carbocycles. The van der Waals surface area contributed by atoms with E-state index in [4.69, 9.17) is 0 Å². The first-order valence-corrected chi connectivity index (χ1v) is 10.4. The van der Waals surface area contributed by atoms with Crippen molar-refractivity contribution < 1.29 is 13.5 Å². The molecule has 2 aromatic carbocycles. The van der Waals surface area contributed by atoms with Gasteiger partial charge in [0.2, 0.25) is 10.0 Å². The van der Waals surface area contributed by atoms with Crippen molar-refractivity contribution in [2.45, 2.75) is 17.9 Å². The summed E-state index contributed by atoms with van der Waals surface area (Å²) in [6, 6.07) is 14.9. The molecule has 0 aliphatic carbocycles. The van der Waals surface area contributed by atoms with Crippen molar-refractivity contribution in [3.05, 3.63) is 62.8 Å². The van der Waals surface area contributed by atoms with Gasteiger partial charge in [0.1, 0.15) is 0 Å². The van der Waals surface area contributed by atoms with Gasteiger partial charge in [0.05, 0.1) is 14.8 Å². The maximum atomic E-state index is 12.4. The van der Waals surface area contributed by atoms with E-state index in [1.807, 2.05) is 42.5 Å². The Kier molecular flexibility index (Phi) is 5.08. The van der Waals surface area contributed by atoms with E-state index >= 15 is 0 Å². The molecular weight excluding hydrogens is 410 g/mol. The van der Waals surface area contributed by atoms with Gasteiger partial charge in [-0.1, -0.05) is 42.5 Å². The molecule has 0 aliphatic heterocycles. The smallest absolute Gasteiger partial charge is 0.241 e. The second kappa shape index (κ2) is 6.93. The predicted octanol–water partition coefficient (Wildman–Crippen LogP) is 3.98. The van der Waals surface area contributed by atoms with Crippen LogP contribution in [0, 0.1) is 6.92 Å². The molecule has 0 amide bonds. The van der Waals surface area contributed by atoms with Crippen LogP contribution in [0.4, 0.5) is 0 Å². The lowest BCUT2D eigenvalue weighted by Crippen LogP contribution is -2.28. The van der Waals surface area contributed by atoms with Crippen LogP contribution in [0.15, 0.2) is 57.2 Å². The van der Waals surface area contributed by atoms with E-state index < -0.39 is 16.1 Å². The SMILES string of the molecule is Cc1sc(Br)cc1S(=O)(=O)NCC(O)c1cccc2ccccc12. The molecule has 126 valence electrons. The van der Waals surface area contributed by atoms with Crippen molar-refractivity contribution in [1.82, 2.24) is 4.72 Å². The highest BCUT2D eigenvalue weighted by molar-refractivity contribution is 9.11. The first-order valence-electron chi connectivity index (χ1n) is 7.30. The first kappa shape index (κ1) is 17.6. The highest BCUT2D eigenvalue weighted by Gasteiger charge is 2.21. The van der Waals surface area contributed by atoms with E-state index in [1.165, 1.54) is 11.3 Å². The fourth-order valence-corrected chi connectivity index (χ4v) is 6.07. The van der Waals surface area contributed by atoms with Crippen molar-refractivity contribution in [2.75, 3.05) is 6.54 Å². The molecule has 0 saturated heterocycles. The standard InChI is InChI=1S/C17H16BrNO3S2/c1-11-16(9-17(18)23-11)24(21,22)19-10-15(20)14-8-4-6-12-5-2-3-7-13(12)14/h2-9,15,19-20H,10H2,1H3. The molecule has 1 atom stereocenters. The zero-order chi connectivity index (χ0) is 17.3. The van der Waals surface area contributed by atoms with Gasteiger partial charge < -0.3 is 5.11 Å². The van der Waals surface area contributed by atoms with E-state index in [-0.39, 0.29) is 11.4 Å². The molecular formula is C17H16BrNO3S2. The third-order valence-corrected chi connectivity index (χ3v) is 7.01. The van der Waals surface area contributed by atoms with Crippen molar-refractivity contribution in [2.24, 2.45) is 0 Å². The Morgan fingerprint density at radius 3 is 2.62 bits per heavy atom. The second-order valence-corrected chi connectivity index (χ2v) is 9.78. The van der Waals surface area contributed by atoms with Crippen LogP contribution in [0.1, 0.15) is 16.5 Å². The maximum Gasteiger partial charge on any atom is 0.241 e. The number of rotatable bonds is 5. The van der Waals surface area contributed by atoms with Gasteiger partial charge in [0, 0.05) is 11.4 Å². The van der Waals surface area contributed by atoms with E-state index in [2.05, 4.69) is 20.7 Å². The van der Waals surface area contributed by atoms with E-state index in [9.17, 15) is 13.5 Å². The minimum absolute atomic E-state index is 0.0801. The largest absolute Gasteiger partial charge is 0.387 e. The van der Waals surface area contributed by atoms with Gasteiger partial charge in [-0.25, -0.2) is 13.1 Å². The molecule has 4 nitrogen and oxygen atoms in total. The average molecular weight is 426 g/mol. The molecule has 0 fully saturated rings. The van der Waals surface area contributed by atoms with Crippen molar-refractivity contribution in [3.8, 4) is 0 Å². The van der Waals surface area contributed by atoms with E-state index in [1.54, 1.807) is 13.0 Å². The van der Waals surface area contributed by atoms with Crippen LogP contribution in [0.3, 0.4) is 0 Å². The van der Waals surface area contributed by atoms with Crippen molar-refractivity contribution >= 4 is 48.1 Å². The van der Waals surface area contributed by atoms with Gasteiger partial charge in [-0.15, -0.1) is 11.3 Å². The summed E-state index contributed by atoms with van der Waals surface area (Å²) in [7, 11) is -3.66. The van der Waals surface area contributed by atoms with Gasteiger partial charge in [-0.3, -0.25) is 0 Å². The molecule has 2 N–H and O–H groups in total. The van der Waals surface area contributed by atoms with Gasteiger partial charge in [-0.05, 0) is 45.3 Å². The number of aliphatic hydroxyl groups is 1. The number of thiophene rings is 1. The molecule has 1 aromatic heterocycles. The van der Waals surface area contributed by atoms with Crippen LogP contribution >= 0.6 is 27.3 Å². The average Bonchev–Trinajstić information content (AvgIpc) is 2.91. The minimum atomic E-state index is -3.66. The fourth-order valence-electron chi connectivity index (χ4n) is 2.61. The summed E-state index contributed by atoms with van der Waals surface area (Å²) in [6.07, 6.45) is -0.923. The number of aliphatic hydroxyl groups excluding tert-OH is 1. The lowest BCUT2D eigenvalue weighted by atomic mass is 10.0. The summed E-state index contributed by atoms with van der Waals surface area (Å²) in [5.74, 6) is 0. The monoisotopic (exact) mass is 425 g/mol. The number of fused-ring (bicyclic) bond motifs is 1. The Labute approximate surface area is 153 Å². The molecule has 0 spiro atoms. The Hall–Kier alpha value is -1.25. The van der Waals surface area contributed by atoms with E-state index in [0.717, 1.165) is 14.6 Å². The predicted molar refractivity (Wildman–Crippen MR) is 101 cm³/mol. The zero-order valence-corrected chi connectivity index (χ0v) is 16.1. The third-order valence-electron chi connectivity index (χ3n) is 3.78. The van der Waals surface area contributed by atoms with Crippen LogP contribution < -0.4 is 4.72 Å². The summed E-state index contributed by atoms with van der Waals surface area (Å²) >= 11 is 4.66. The van der Waals surface area contributed by atoms with Crippen molar-refractivity contribution in [1.29, 1.82) is 0 Å². The zero-order valence-electron chi connectivity index (χ0n) is 12.9. The number of nitrogens with one attached hydrogen (secondary N) is 1. The Balaban J connectivity index is 1.82. The number of sulfonamides is 1. The lowest BCUT2D eigenvalue weighted by molar-refractivity contribution is 0.183. The molecule has 0 radical (unpaired) electrons. The Morgan fingerprint density at radius 2 is 1.92 bits per heavy atom. The molecule has 1 unspecified atom stereocenters. The molecule has 24 heavy (non-hydrogen) atoms. The fraction of sp³-hybridized carbons (Fsp3) is 0.176. The number of aryl methyl sites for hydroxylation is 1. The van der Waals surface area contributed by atoms with Crippen molar-refractivity contribution in [3.63, 3.8) is 0 Å².